The first-order chi connectivity index (χ1) is 5.20. The first-order valence-electron chi connectivity index (χ1n) is 3.60. The van der Waals surface area contributed by atoms with Crippen LogP contribution in [-0.2, 0) is 4.79 Å². The van der Waals surface area contributed by atoms with Crippen LogP contribution >= 0.6 is 0 Å². The van der Waals surface area contributed by atoms with Gasteiger partial charge in [-0.1, -0.05) is 12.2 Å². The Kier molecular flexibility index (Phi) is 1.27. The van der Waals surface area contributed by atoms with Crippen molar-refractivity contribution in [1.29, 1.82) is 0 Å². The predicted octanol–water partition coefficient (Wildman–Crippen LogP) is -1.54. The van der Waals surface area contributed by atoms with Crippen LogP contribution in [0.25, 0.3) is 0 Å². The number of aliphatic hydroxyl groups is 1. The van der Waals surface area contributed by atoms with Crippen LogP contribution in [0.15, 0.2) is 12.2 Å². The number of carbonyl (C=O) groups excluding carboxylic acids is 1. The summed E-state index contributed by atoms with van der Waals surface area (Å²) in [5, 5.41) is 9.24. The number of amides is 1. The van der Waals surface area contributed by atoms with Crippen LogP contribution < -0.4 is 5.73 Å². The van der Waals surface area contributed by atoms with Crippen molar-refractivity contribution >= 4 is 5.91 Å². The van der Waals surface area contributed by atoms with Gasteiger partial charge in [-0.15, -0.1) is 0 Å². The third-order valence-electron chi connectivity index (χ3n) is 2.22. The molecule has 1 unspecified atom stereocenters. The number of nitrogens with zero attached hydrogens (tertiary/aromatic N) is 1. The van der Waals surface area contributed by atoms with Gasteiger partial charge in [0.1, 0.15) is 0 Å². The van der Waals surface area contributed by atoms with Gasteiger partial charge >= 0.3 is 0 Å². The second-order valence-corrected chi connectivity index (χ2v) is 3.00. The third-order valence-corrected chi connectivity index (χ3v) is 2.22. The molecular formula is C7H10N2O2. The molecule has 1 heterocycles. The van der Waals surface area contributed by atoms with Crippen LogP contribution in [0.1, 0.15) is 0 Å². The Hall–Kier alpha value is -0.870. The fourth-order valence-electron chi connectivity index (χ4n) is 1.67. The molecule has 0 saturated carbocycles. The van der Waals surface area contributed by atoms with Gasteiger partial charge in [-0.05, 0) is 0 Å². The second-order valence-electron chi connectivity index (χ2n) is 3.00. The Bertz CT molecular complexity index is 226. The summed E-state index contributed by atoms with van der Waals surface area (Å²) < 4.78 is 0. The van der Waals surface area contributed by atoms with Crippen molar-refractivity contribution in [1.82, 2.24) is 4.90 Å². The Morgan fingerprint density at radius 3 is 2.82 bits per heavy atom. The van der Waals surface area contributed by atoms with E-state index in [1.165, 1.54) is 0 Å². The smallest absolute Gasteiger partial charge is 0.231 e. The van der Waals surface area contributed by atoms with E-state index < -0.39 is 6.10 Å². The van der Waals surface area contributed by atoms with E-state index in [4.69, 9.17) is 5.73 Å². The highest BCUT2D eigenvalue weighted by Crippen LogP contribution is 2.36. The van der Waals surface area contributed by atoms with E-state index in [1.807, 2.05) is 11.0 Å². The summed E-state index contributed by atoms with van der Waals surface area (Å²) >= 11 is 0. The monoisotopic (exact) mass is 154 g/mol. The molecule has 4 heteroatoms. The Labute approximate surface area is 64.3 Å². The van der Waals surface area contributed by atoms with Crippen LogP contribution in [0.4, 0.5) is 0 Å². The molecular weight excluding hydrogens is 144 g/mol. The Morgan fingerprint density at radius 2 is 2.36 bits per heavy atom. The van der Waals surface area contributed by atoms with Crippen molar-refractivity contribution in [3.05, 3.63) is 12.2 Å². The molecule has 2 rings (SSSR count). The summed E-state index contributed by atoms with van der Waals surface area (Å²) in [4.78, 5) is 12.3. The van der Waals surface area contributed by atoms with E-state index in [0.717, 1.165) is 0 Å². The second kappa shape index (κ2) is 2.06. The van der Waals surface area contributed by atoms with Gasteiger partial charge in [0, 0.05) is 6.04 Å². The van der Waals surface area contributed by atoms with Gasteiger partial charge < -0.3 is 10.8 Å². The van der Waals surface area contributed by atoms with Crippen LogP contribution in [0.2, 0.25) is 0 Å². The van der Waals surface area contributed by atoms with Gasteiger partial charge in [-0.25, -0.2) is 0 Å². The van der Waals surface area contributed by atoms with Gasteiger partial charge in [-0.2, -0.15) is 0 Å². The highest BCUT2D eigenvalue weighted by atomic mass is 16.3. The Balaban J connectivity index is 1.94. The highest BCUT2D eigenvalue weighted by Gasteiger charge is 2.52. The molecule has 1 saturated heterocycles. The first kappa shape index (κ1) is 6.82. The van der Waals surface area contributed by atoms with E-state index >= 15 is 0 Å². The van der Waals surface area contributed by atoms with Gasteiger partial charge in [0.15, 0.2) is 0 Å². The summed E-state index contributed by atoms with van der Waals surface area (Å²) in [5.74, 6) is -0.333. The first-order valence-corrected chi connectivity index (χ1v) is 3.60. The van der Waals surface area contributed by atoms with E-state index in [9.17, 15) is 9.90 Å². The number of aliphatic hydroxyl groups excluding tert-OH is 1. The minimum atomic E-state index is -0.403. The van der Waals surface area contributed by atoms with Gasteiger partial charge in [0.2, 0.25) is 5.91 Å². The zero-order valence-corrected chi connectivity index (χ0v) is 5.97. The summed E-state index contributed by atoms with van der Waals surface area (Å²) in [6, 6.07) is 0.389. The molecule has 0 radical (unpaired) electrons. The van der Waals surface area contributed by atoms with Crippen molar-refractivity contribution in [2.24, 2.45) is 5.73 Å². The Morgan fingerprint density at radius 1 is 1.64 bits per heavy atom. The lowest BCUT2D eigenvalue weighted by molar-refractivity contribution is -0.118. The van der Waals surface area contributed by atoms with Crippen molar-refractivity contribution in [3.63, 3.8) is 0 Å². The molecule has 1 amide bonds. The molecule has 0 aromatic carbocycles. The number of carbonyl (C=O) groups is 1. The average molecular weight is 154 g/mol. The number of fused-ring (bicyclic) bond motifs is 1. The van der Waals surface area contributed by atoms with E-state index in [-0.39, 0.29) is 24.5 Å². The maximum atomic E-state index is 10.5. The summed E-state index contributed by atoms with van der Waals surface area (Å²) in [6.45, 7) is 0.261. The van der Waals surface area contributed by atoms with Crippen molar-refractivity contribution in [2.45, 2.75) is 18.2 Å². The van der Waals surface area contributed by atoms with Crippen molar-refractivity contribution < 1.29 is 9.90 Å². The molecule has 1 fully saturated rings. The van der Waals surface area contributed by atoms with Crippen molar-refractivity contribution in [3.8, 4) is 0 Å². The maximum Gasteiger partial charge on any atom is 0.231 e. The van der Waals surface area contributed by atoms with E-state index in [0.29, 0.717) is 0 Å². The van der Waals surface area contributed by atoms with Crippen LogP contribution in [0.3, 0.4) is 0 Å². The molecule has 0 spiro atoms. The predicted molar refractivity (Wildman–Crippen MR) is 38.6 cm³/mol. The number of nitrogens with two attached hydrogens (primary N) is 1. The number of hydrogen-bond donors (Lipinski definition) is 2. The normalized spacial score (nSPS) is 45.5. The molecule has 4 nitrogen and oxygen atoms in total. The molecule has 1 aliphatic heterocycles. The fourth-order valence-corrected chi connectivity index (χ4v) is 1.67. The zero-order chi connectivity index (χ0) is 8.01. The van der Waals surface area contributed by atoms with Crippen LogP contribution in [0, 0.1) is 0 Å². The quantitative estimate of drug-likeness (QED) is 0.374. The third kappa shape index (κ3) is 0.948. The lowest BCUT2D eigenvalue weighted by atomic mass is 10.3. The highest BCUT2D eigenvalue weighted by molar-refractivity contribution is 5.76. The number of primary amides is 1. The topological polar surface area (TPSA) is 66.3 Å². The van der Waals surface area contributed by atoms with E-state index in [2.05, 4.69) is 0 Å². The number of rotatable bonds is 2. The fraction of sp³-hybridized carbons (Fsp3) is 0.571. The van der Waals surface area contributed by atoms with Crippen LogP contribution in [-0.4, -0.2) is 40.6 Å². The molecule has 0 aromatic rings. The molecule has 0 aromatic heterocycles. The summed E-state index contributed by atoms with van der Waals surface area (Å²) in [7, 11) is 0. The van der Waals surface area contributed by atoms with Gasteiger partial charge in [0.05, 0.1) is 18.7 Å². The van der Waals surface area contributed by atoms with Crippen molar-refractivity contribution in [2.75, 3.05) is 6.54 Å². The molecule has 4 atom stereocenters. The lowest BCUT2D eigenvalue weighted by Crippen LogP contribution is -2.26. The summed E-state index contributed by atoms with van der Waals surface area (Å²) in [5.41, 5.74) is 5.00. The molecule has 60 valence electrons. The van der Waals surface area contributed by atoms with Crippen LogP contribution in [0.5, 0.6) is 0 Å². The lowest BCUT2D eigenvalue weighted by Gasteiger charge is -2.03. The molecule has 0 bridgehead atoms. The molecule has 1 aliphatic carbocycles. The van der Waals surface area contributed by atoms with Gasteiger partial charge in [-0.3, -0.25) is 9.69 Å². The minimum Gasteiger partial charge on any atom is -0.387 e. The number of hydrogen-bond acceptors (Lipinski definition) is 3. The standard InChI is InChI=1S/C7H10N2O2/c8-6(11)3-9-4-1-2-5(10)7(4)9/h1-2,4-5,7,10H,3H2,(H2,8,11)/t4-,5-,7-,9?/m1/s1. The SMILES string of the molecule is NC(=O)CN1[C@H]2[C@H](O)C=C[C@H]21. The molecule has 2 aliphatic rings. The maximum absolute atomic E-state index is 10.5. The van der Waals surface area contributed by atoms with E-state index in [1.54, 1.807) is 6.08 Å². The average Bonchev–Trinajstić information content (AvgIpc) is 2.41. The summed E-state index contributed by atoms with van der Waals surface area (Å²) in [6.07, 6.45) is 3.27. The molecule has 11 heavy (non-hydrogen) atoms. The van der Waals surface area contributed by atoms with Gasteiger partial charge in [0.25, 0.3) is 0 Å². The largest absolute Gasteiger partial charge is 0.387 e. The molecule has 3 N–H and O–H groups in total. The minimum absolute atomic E-state index is 0.127. The zero-order valence-electron chi connectivity index (χ0n) is 5.97.